The standard InChI is InChI=1S/C19H24ClN5S/c1-13-2-4-19(10-13)5-8-25(9-6-19)15-11-24-16(12-23-15)26-14-3-7-22-18(21)17(14)20/h3,7,11-13H,2,4-6,8-10H2,1H3,(H2,21,22). The first-order valence-corrected chi connectivity index (χ1v) is 10.4. The van der Waals surface area contributed by atoms with E-state index in [4.69, 9.17) is 17.3 Å². The van der Waals surface area contributed by atoms with Gasteiger partial charge in [-0.3, -0.25) is 0 Å². The highest BCUT2D eigenvalue weighted by Gasteiger charge is 2.39. The molecule has 26 heavy (non-hydrogen) atoms. The van der Waals surface area contributed by atoms with Gasteiger partial charge in [0.1, 0.15) is 16.7 Å². The average Bonchev–Trinajstić information content (AvgIpc) is 3.01. The Bertz CT molecular complexity index is 774. The van der Waals surface area contributed by atoms with Gasteiger partial charge in [0, 0.05) is 24.2 Å². The number of nitrogens with zero attached hydrogens (tertiary/aromatic N) is 4. The van der Waals surface area contributed by atoms with Crippen LogP contribution in [0.5, 0.6) is 0 Å². The Kier molecular flexibility index (Phi) is 4.97. The molecule has 5 nitrogen and oxygen atoms in total. The number of hydrogen-bond donors (Lipinski definition) is 1. The molecule has 2 N–H and O–H groups in total. The summed E-state index contributed by atoms with van der Waals surface area (Å²) in [5.74, 6) is 2.20. The molecule has 0 amide bonds. The number of rotatable bonds is 3. The lowest BCUT2D eigenvalue weighted by Crippen LogP contribution is -2.39. The summed E-state index contributed by atoms with van der Waals surface area (Å²) in [4.78, 5) is 16.4. The largest absolute Gasteiger partial charge is 0.382 e. The number of nitrogens with two attached hydrogens (primary N) is 1. The summed E-state index contributed by atoms with van der Waals surface area (Å²) in [7, 11) is 0. The minimum atomic E-state index is 0.338. The number of piperidine rings is 1. The van der Waals surface area contributed by atoms with Crippen LogP contribution in [0, 0.1) is 11.3 Å². The molecule has 2 fully saturated rings. The Labute approximate surface area is 163 Å². The van der Waals surface area contributed by atoms with Crippen LogP contribution in [0.4, 0.5) is 11.6 Å². The van der Waals surface area contributed by atoms with E-state index in [-0.39, 0.29) is 0 Å². The van der Waals surface area contributed by atoms with Gasteiger partial charge in [0.05, 0.1) is 17.4 Å². The fourth-order valence-corrected chi connectivity index (χ4v) is 5.31. The highest BCUT2D eigenvalue weighted by Crippen LogP contribution is 2.49. The first-order valence-electron chi connectivity index (χ1n) is 9.19. The summed E-state index contributed by atoms with van der Waals surface area (Å²) in [5.41, 5.74) is 6.35. The van der Waals surface area contributed by atoms with Crippen molar-refractivity contribution in [2.24, 2.45) is 11.3 Å². The van der Waals surface area contributed by atoms with E-state index >= 15 is 0 Å². The first-order chi connectivity index (χ1) is 12.5. The predicted octanol–water partition coefficient (Wildman–Crippen LogP) is 4.67. The van der Waals surface area contributed by atoms with E-state index in [1.165, 1.54) is 43.9 Å². The van der Waals surface area contributed by atoms with Crippen LogP contribution in [0.2, 0.25) is 5.02 Å². The second-order valence-corrected chi connectivity index (χ2v) is 9.10. The second-order valence-electron chi connectivity index (χ2n) is 7.66. The molecule has 2 aromatic rings. The number of halogens is 1. The van der Waals surface area contributed by atoms with Gasteiger partial charge in [-0.25, -0.2) is 15.0 Å². The molecule has 0 radical (unpaired) electrons. The van der Waals surface area contributed by atoms with Crippen molar-refractivity contribution in [1.82, 2.24) is 15.0 Å². The van der Waals surface area contributed by atoms with E-state index in [1.807, 2.05) is 18.5 Å². The van der Waals surface area contributed by atoms with Gasteiger partial charge in [-0.15, -0.1) is 0 Å². The van der Waals surface area contributed by atoms with Crippen molar-refractivity contribution in [1.29, 1.82) is 0 Å². The van der Waals surface area contributed by atoms with Crippen molar-refractivity contribution in [2.45, 2.75) is 48.9 Å². The minimum absolute atomic E-state index is 0.338. The summed E-state index contributed by atoms with van der Waals surface area (Å²) in [5, 5.41) is 1.27. The zero-order valence-electron chi connectivity index (χ0n) is 15.0. The highest BCUT2D eigenvalue weighted by atomic mass is 35.5. The number of pyridine rings is 1. The van der Waals surface area contributed by atoms with Gasteiger partial charge in [-0.05, 0) is 43.1 Å². The summed E-state index contributed by atoms with van der Waals surface area (Å²) >= 11 is 7.66. The van der Waals surface area contributed by atoms with Crippen LogP contribution in [0.15, 0.2) is 34.6 Å². The van der Waals surface area contributed by atoms with Gasteiger partial charge in [0.15, 0.2) is 0 Å². The Morgan fingerprint density at radius 1 is 1.19 bits per heavy atom. The lowest BCUT2D eigenvalue weighted by Gasteiger charge is -2.40. The van der Waals surface area contributed by atoms with Crippen molar-refractivity contribution >= 4 is 35.0 Å². The summed E-state index contributed by atoms with van der Waals surface area (Å²) in [6.45, 7) is 4.56. The third kappa shape index (κ3) is 3.62. The van der Waals surface area contributed by atoms with Crippen LogP contribution in [-0.2, 0) is 0 Å². The van der Waals surface area contributed by atoms with E-state index in [0.29, 0.717) is 16.3 Å². The first kappa shape index (κ1) is 17.9. The molecule has 3 heterocycles. The lowest BCUT2D eigenvalue weighted by atomic mass is 9.76. The molecular weight excluding hydrogens is 366 g/mol. The van der Waals surface area contributed by atoms with Crippen molar-refractivity contribution in [3.05, 3.63) is 29.7 Å². The molecule has 2 aliphatic rings. The third-order valence-corrected chi connectivity index (χ3v) is 7.30. The van der Waals surface area contributed by atoms with E-state index in [1.54, 1.807) is 6.20 Å². The summed E-state index contributed by atoms with van der Waals surface area (Å²) < 4.78 is 0. The minimum Gasteiger partial charge on any atom is -0.382 e. The molecule has 1 spiro atoms. The van der Waals surface area contributed by atoms with E-state index in [9.17, 15) is 0 Å². The SMILES string of the molecule is CC1CCC2(CCN(c3cnc(Sc4ccnc(N)c4Cl)cn3)CC2)C1. The average molecular weight is 390 g/mol. The fourth-order valence-electron chi connectivity index (χ4n) is 4.32. The molecule has 2 aromatic heterocycles. The highest BCUT2D eigenvalue weighted by molar-refractivity contribution is 7.99. The second kappa shape index (κ2) is 7.24. The Hall–Kier alpha value is -1.53. The normalized spacial score (nSPS) is 22.1. The Morgan fingerprint density at radius 3 is 2.65 bits per heavy atom. The van der Waals surface area contributed by atoms with Gasteiger partial charge in [0.2, 0.25) is 0 Å². The zero-order chi connectivity index (χ0) is 18.1. The monoisotopic (exact) mass is 389 g/mol. The Morgan fingerprint density at radius 2 is 2.00 bits per heavy atom. The number of aromatic nitrogens is 3. The summed E-state index contributed by atoms with van der Waals surface area (Å²) in [6, 6.07) is 1.84. The van der Waals surface area contributed by atoms with Crippen molar-refractivity contribution in [2.75, 3.05) is 23.7 Å². The van der Waals surface area contributed by atoms with Crippen LogP contribution in [0.1, 0.15) is 39.0 Å². The predicted molar refractivity (Wildman–Crippen MR) is 107 cm³/mol. The smallest absolute Gasteiger partial charge is 0.147 e. The molecule has 4 rings (SSSR count). The maximum absolute atomic E-state index is 6.20. The molecular formula is C19H24ClN5S. The van der Waals surface area contributed by atoms with E-state index in [2.05, 4.69) is 26.8 Å². The maximum Gasteiger partial charge on any atom is 0.147 e. The van der Waals surface area contributed by atoms with Gasteiger partial charge in [-0.2, -0.15) is 0 Å². The van der Waals surface area contributed by atoms with Crippen LogP contribution < -0.4 is 10.6 Å². The van der Waals surface area contributed by atoms with Crippen LogP contribution in [-0.4, -0.2) is 28.0 Å². The number of anilines is 2. The third-order valence-electron chi connectivity index (χ3n) is 5.81. The lowest BCUT2D eigenvalue weighted by molar-refractivity contribution is 0.218. The van der Waals surface area contributed by atoms with Gasteiger partial charge in [-0.1, -0.05) is 36.7 Å². The molecule has 0 aromatic carbocycles. The molecule has 1 aliphatic heterocycles. The quantitative estimate of drug-likeness (QED) is 0.822. The van der Waals surface area contributed by atoms with Gasteiger partial charge < -0.3 is 10.6 Å². The number of hydrogen-bond acceptors (Lipinski definition) is 6. The molecule has 0 bridgehead atoms. The van der Waals surface area contributed by atoms with Gasteiger partial charge >= 0.3 is 0 Å². The molecule has 7 heteroatoms. The van der Waals surface area contributed by atoms with Crippen molar-refractivity contribution < 1.29 is 0 Å². The molecule has 1 atom stereocenters. The Balaban J connectivity index is 1.40. The van der Waals surface area contributed by atoms with Gasteiger partial charge in [0.25, 0.3) is 0 Å². The van der Waals surface area contributed by atoms with Crippen LogP contribution >= 0.6 is 23.4 Å². The molecule has 138 valence electrons. The zero-order valence-corrected chi connectivity index (χ0v) is 16.6. The fraction of sp³-hybridized carbons (Fsp3) is 0.526. The summed E-state index contributed by atoms with van der Waals surface area (Å²) in [6.07, 6.45) is 12.1. The van der Waals surface area contributed by atoms with E-state index < -0.39 is 0 Å². The topological polar surface area (TPSA) is 67.9 Å². The van der Waals surface area contributed by atoms with Crippen molar-refractivity contribution in [3.8, 4) is 0 Å². The maximum atomic E-state index is 6.20. The molecule has 1 saturated carbocycles. The van der Waals surface area contributed by atoms with Crippen LogP contribution in [0.25, 0.3) is 0 Å². The number of nitrogen functional groups attached to an aromatic ring is 1. The molecule has 1 saturated heterocycles. The van der Waals surface area contributed by atoms with Crippen LogP contribution in [0.3, 0.4) is 0 Å². The van der Waals surface area contributed by atoms with E-state index in [0.717, 1.165) is 34.7 Å². The molecule has 1 unspecified atom stereocenters. The van der Waals surface area contributed by atoms with Crippen molar-refractivity contribution in [3.63, 3.8) is 0 Å². The molecule has 1 aliphatic carbocycles.